The van der Waals surface area contributed by atoms with E-state index in [1.807, 2.05) is 13.8 Å². The monoisotopic (exact) mass is 302 g/mol. The molecule has 0 aliphatic rings. The maximum Gasteiger partial charge on any atom is 0.265 e. The molecule has 7 nitrogen and oxygen atoms in total. The Morgan fingerprint density at radius 1 is 1.40 bits per heavy atom. The van der Waals surface area contributed by atoms with Crippen molar-refractivity contribution in [2.24, 2.45) is 18.5 Å². The van der Waals surface area contributed by atoms with Crippen LogP contribution in [0.1, 0.15) is 37.2 Å². The summed E-state index contributed by atoms with van der Waals surface area (Å²) in [6, 6.07) is 1.25. The number of sulfonamides is 1. The Hall–Kier alpha value is -1.38. The number of hydrogen-bond donors (Lipinski definition) is 3. The number of amides is 1. The van der Waals surface area contributed by atoms with Gasteiger partial charge in [0.15, 0.2) is 0 Å². The molecule has 0 unspecified atom stereocenters. The molecule has 0 aliphatic carbocycles. The average Bonchev–Trinajstić information content (AvgIpc) is 2.79. The Morgan fingerprint density at radius 3 is 2.35 bits per heavy atom. The summed E-state index contributed by atoms with van der Waals surface area (Å²) in [5.41, 5.74) is 10.8. The minimum absolute atomic E-state index is 0.00311. The van der Waals surface area contributed by atoms with Gasteiger partial charge in [-0.3, -0.25) is 4.79 Å². The summed E-state index contributed by atoms with van der Waals surface area (Å²) in [5.74, 6) is -0.677. The van der Waals surface area contributed by atoms with Crippen molar-refractivity contribution < 1.29 is 13.2 Å². The Kier molecular flexibility index (Phi) is 4.95. The van der Waals surface area contributed by atoms with Gasteiger partial charge in [0.1, 0.15) is 10.6 Å². The molecule has 0 fully saturated rings. The van der Waals surface area contributed by atoms with Gasteiger partial charge in [0.25, 0.3) is 5.91 Å². The number of nitrogens with zero attached hydrogens (tertiary/aromatic N) is 1. The molecule has 0 aliphatic heterocycles. The standard InChI is InChI=1S/C12H22N4O3S/c1-4-12(14,5-2)8-15-20(18,19)9-6-10(11(13)17)16(3)7-9/h6-7,15H,4-5,8,14H2,1-3H3,(H2,13,17). The van der Waals surface area contributed by atoms with Gasteiger partial charge in [0.2, 0.25) is 10.0 Å². The van der Waals surface area contributed by atoms with E-state index < -0.39 is 21.5 Å². The van der Waals surface area contributed by atoms with Crippen LogP contribution in [0.25, 0.3) is 0 Å². The molecule has 1 heterocycles. The van der Waals surface area contributed by atoms with Crippen molar-refractivity contribution in [1.29, 1.82) is 0 Å². The molecule has 114 valence electrons. The number of primary amides is 1. The number of carbonyl (C=O) groups excluding carboxylic acids is 1. The van der Waals surface area contributed by atoms with E-state index in [2.05, 4.69) is 4.72 Å². The largest absolute Gasteiger partial charge is 0.364 e. The minimum atomic E-state index is -3.71. The topological polar surface area (TPSA) is 120 Å². The Balaban J connectivity index is 2.95. The summed E-state index contributed by atoms with van der Waals surface area (Å²) in [6.07, 6.45) is 2.67. The van der Waals surface area contributed by atoms with Crippen LogP contribution in [-0.2, 0) is 17.1 Å². The number of nitrogens with one attached hydrogen (secondary N) is 1. The van der Waals surface area contributed by atoms with Crippen molar-refractivity contribution in [3.63, 3.8) is 0 Å². The number of nitrogens with two attached hydrogens (primary N) is 2. The number of hydrogen-bond acceptors (Lipinski definition) is 4. The lowest BCUT2D eigenvalue weighted by Crippen LogP contribution is -2.49. The molecule has 20 heavy (non-hydrogen) atoms. The van der Waals surface area contributed by atoms with Crippen LogP contribution in [0.4, 0.5) is 0 Å². The predicted molar refractivity (Wildman–Crippen MR) is 76.6 cm³/mol. The first-order valence-corrected chi connectivity index (χ1v) is 7.88. The lowest BCUT2D eigenvalue weighted by atomic mass is 9.95. The van der Waals surface area contributed by atoms with E-state index in [4.69, 9.17) is 11.5 Å². The van der Waals surface area contributed by atoms with Crippen LogP contribution < -0.4 is 16.2 Å². The Morgan fingerprint density at radius 2 is 1.95 bits per heavy atom. The summed E-state index contributed by atoms with van der Waals surface area (Å²) in [6.45, 7) is 3.96. The van der Waals surface area contributed by atoms with Crippen LogP contribution in [0, 0.1) is 0 Å². The van der Waals surface area contributed by atoms with Crippen LogP contribution in [0.15, 0.2) is 17.2 Å². The summed E-state index contributed by atoms with van der Waals surface area (Å²) in [4.78, 5) is 11.1. The van der Waals surface area contributed by atoms with E-state index in [0.717, 1.165) is 0 Å². The second-order valence-electron chi connectivity index (χ2n) is 4.93. The van der Waals surface area contributed by atoms with Gasteiger partial charge in [0, 0.05) is 25.3 Å². The van der Waals surface area contributed by atoms with E-state index in [1.165, 1.54) is 16.8 Å². The first kappa shape index (κ1) is 16.7. The predicted octanol–water partition coefficient (Wildman–Crippen LogP) is -0.0802. The van der Waals surface area contributed by atoms with E-state index in [9.17, 15) is 13.2 Å². The van der Waals surface area contributed by atoms with Crippen molar-refractivity contribution in [2.45, 2.75) is 37.1 Å². The zero-order valence-electron chi connectivity index (χ0n) is 12.0. The average molecular weight is 302 g/mol. The van der Waals surface area contributed by atoms with Crippen molar-refractivity contribution in [3.8, 4) is 0 Å². The van der Waals surface area contributed by atoms with Crippen molar-refractivity contribution >= 4 is 15.9 Å². The summed E-state index contributed by atoms with van der Waals surface area (Å²) in [5, 5.41) is 0. The van der Waals surface area contributed by atoms with Gasteiger partial charge in [0.05, 0.1) is 0 Å². The molecule has 1 amide bonds. The SMILES string of the molecule is CCC(N)(CC)CNS(=O)(=O)c1cc(C(N)=O)n(C)c1. The van der Waals surface area contributed by atoms with E-state index in [1.54, 1.807) is 7.05 Å². The zero-order chi connectivity index (χ0) is 15.6. The fourth-order valence-electron chi connectivity index (χ4n) is 1.75. The first-order chi connectivity index (χ1) is 9.15. The fraction of sp³-hybridized carbons (Fsp3) is 0.583. The second kappa shape index (κ2) is 5.94. The zero-order valence-corrected chi connectivity index (χ0v) is 12.8. The smallest absolute Gasteiger partial charge is 0.265 e. The molecule has 8 heteroatoms. The Bertz CT molecular complexity index is 588. The molecule has 1 rings (SSSR count). The molecule has 1 aromatic rings. The van der Waals surface area contributed by atoms with Crippen LogP contribution >= 0.6 is 0 Å². The van der Waals surface area contributed by atoms with Crippen LogP contribution in [0.2, 0.25) is 0 Å². The number of carbonyl (C=O) groups is 1. The lowest BCUT2D eigenvalue weighted by molar-refractivity contribution is 0.0992. The van der Waals surface area contributed by atoms with Crippen LogP contribution in [-0.4, -0.2) is 31.0 Å². The van der Waals surface area contributed by atoms with Gasteiger partial charge in [-0.2, -0.15) is 0 Å². The van der Waals surface area contributed by atoms with Crippen LogP contribution in [0.3, 0.4) is 0 Å². The third-order valence-corrected chi connectivity index (χ3v) is 4.93. The minimum Gasteiger partial charge on any atom is -0.364 e. The molecule has 0 atom stereocenters. The quantitative estimate of drug-likeness (QED) is 0.652. The highest BCUT2D eigenvalue weighted by Gasteiger charge is 2.25. The molecule has 0 saturated heterocycles. The maximum atomic E-state index is 12.2. The van der Waals surface area contributed by atoms with Crippen LogP contribution in [0.5, 0.6) is 0 Å². The van der Waals surface area contributed by atoms with Gasteiger partial charge in [-0.25, -0.2) is 13.1 Å². The number of aromatic nitrogens is 1. The molecule has 0 saturated carbocycles. The molecule has 1 aromatic heterocycles. The highest BCUT2D eigenvalue weighted by molar-refractivity contribution is 7.89. The van der Waals surface area contributed by atoms with Crippen molar-refractivity contribution in [2.75, 3.05) is 6.54 Å². The third kappa shape index (κ3) is 3.59. The first-order valence-electron chi connectivity index (χ1n) is 6.40. The lowest BCUT2D eigenvalue weighted by Gasteiger charge is -2.26. The summed E-state index contributed by atoms with van der Waals surface area (Å²) in [7, 11) is -2.15. The van der Waals surface area contributed by atoms with Gasteiger partial charge in [-0.05, 0) is 18.9 Å². The molecular formula is C12H22N4O3S. The summed E-state index contributed by atoms with van der Waals surface area (Å²) < 4.78 is 28.2. The highest BCUT2D eigenvalue weighted by Crippen LogP contribution is 2.15. The van der Waals surface area contributed by atoms with Gasteiger partial charge in [-0.15, -0.1) is 0 Å². The van der Waals surface area contributed by atoms with Crippen molar-refractivity contribution in [3.05, 3.63) is 18.0 Å². The highest BCUT2D eigenvalue weighted by atomic mass is 32.2. The van der Waals surface area contributed by atoms with Crippen molar-refractivity contribution in [1.82, 2.24) is 9.29 Å². The van der Waals surface area contributed by atoms with Gasteiger partial charge >= 0.3 is 0 Å². The molecule has 5 N–H and O–H groups in total. The summed E-state index contributed by atoms with van der Waals surface area (Å²) >= 11 is 0. The molecule has 0 aromatic carbocycles. The number of aryl methyl sites for hydroxylation is 1. The normalized spacial score (nSPS) is 12.6. The maximum absolute atomic E-state index is 12.2. The molecular weight excluding hydrogens is 280 g/mol. The molecule has 0 bridgehead atoms. The Labute approximate surface area is 119 Å². The third-order valence-electron chi connectivity index (χ3n) is 3.57. The fourth-order valence-corrected chi connectivity index (χ4v) is 2.96. The van der Waals surface area contributed by atoms with E-state index >= 15 is 0 Å². The van der Waals surface area contributed by atoms with E-state index in [-0.39, 0.29) is 17.1 Å². The second-order valence-corrected chi connectivity index (χ2v) is 6.70. The van der Waals surface area contributed by atoms with Gasteiger partial charge < -0.3 is 16.0 Å². The molecule has 0 radical (unpaired) electrons. The number of rotatable bonds is 7. The van der Waals surface area contributed by atoms with Gasteiger partial charge in [-0.1, -0.05) is 13.8 Å². The molecule has 0 spiro atoms. The van der Waals surface area contributed by atoms with E-state index in [0.29, 0.717) is 12.8 Å².